The van der Waals surface area contributed by atoms with Crippen LogP contribution in [0.4, 0.5) is 0 Å². The lowest BCUT2D eigenvalue weighted by molar-refractivity contribution is 0.302. The number of aromatic nitrogens is 2. The maximum absolute atomic E-state index is 8.54. The lowest BCUT2D eigenvalue weighted by atomic mass is 10.1. The zero-order chi connectivity index (χ0) is 13.4. The highest BCUT2D eigenvalue weighted by Gasteiger charge is 2.14. The Bertz CT molecular complexity index is 379. The molecule has 0 saturated carbocycles. The van der Waals surface area contributed by atoms with Crippen molar-refractivity contribution in [3.05, 3.63) is 11.7 Å². The summed E-state index contributed by atoms with van der Waals surface area (Å²) in [7, 11) is 0. The summed E-state index contributed by atoms with van der Waals surface area (Å²) in [5.41, 5.74) is 0. The fourth-order valence-corrected chi connectivity index (χ4v) is 1.77. The second kappa shape index (κ2) is 7.83. The number of rotatable bonds is 8. The summed E-state index contributed by atoms with van der Waals surface area (Å²) < 4.78 is 5.23. The highest BCUT2D eigenvalue weighted by atomic mass is 16.5. The van der Waals surface area contributed by atoms with Gasteiger partial charge < -0.3 is 9.42 Å². The standard InChI is InChI=1S/C13H22N4O/c1-4-17(5-2)10-8-12-15-13(18-16-12)11(3)7-6-9-14/h11H,4-8,10H2,1-3H3. The molecule has 0 radical (unpaired) electrons. The number of nitriles is 1. The summed E-state index contributed by atoms with van der Waals surface area (Å²) >= 11 is 0. The minimum absolute atomic E-state index is 0.166. The van der Waals surface area contributed by atoms with Crippen LogP contribution < -0.4 is 0 Å². The van der Waals surface area contributed by atoms with Gasteiger partial charge in [-0.2, -0.15) is 10.2 Å². The summed E-state index contributed by atoms with van der Waals surface area (Å²) in [4.78, 5) is 6.72. The van der Waals surface area contributed by atoms with Gasteiger partial charge in [-0.15, -0.1) is 0 Å². The zero-order valence-electron chi connectivity index (χ0n) is 11.5. The molecule has 0 aliphatic rings. The quantitative estimate of drug-likeness (QED) is 0.708. The third-order valence-electron chi connectivity index (χ3n) is 3.14. The molecule has 0 spiro atoms. The maximum atomic E-state index is 8.54. The van der Waals surface area contributed by atoms with Gasteiger partial charge in [0.15, 0.2) is 5.82 Å². The number of nitrogens with zero attached hydrogens (tertiary/aromatic N) is 4. The van der Waals surface area contributed by atoms with Crippen molar-refractivity contribution >= 4 is 0 Å². The van der Waals surface area contributed by atoms with Crippen molar-refractivity contribution < 1.29 is 4.52 Å². The minimum atomic E-state index is 0.166. The Morgan fingerprint density at radius 3 is 2.72 bits per heavy atom. The van der Waals surface area contributed by atoms with Crippen LogP contribution in [0.5, 0.6) is 0 Å². The van der Waals surface area contributed by atoms with Crippen molar-refractivity contribution in [2.45, 2.75) is 46.0 Å². The van der Waals surface area contributed by atoms with Gasteiger partial charge in [-0.25, -0.2) is 0 Å². The van der Waals surface area contributed by atoms with Gasteiger partial charge >= 0.3 is 0 Å². The molecular formula is C13H22N4O. The first-order valence-corrected chi connectivity index (χ1v) is 6.63. The van der Waals surface area contributed by atoms with Gasteiger partial charge in [0.1, 0.15) is 0 Å². The zero-order valence-corrected chi connectivity index (χ0v) is 11.5. The topological polar surface area (TPSA) is 66.0 Å². The van der Waals surface area contributed by atoms with Crippen molar-refractivity contribution in [2.24, 2.45) is 0 Å². The average molecular weight is 250 g/mol. The van der Waals surface area contributed by atoms with Crippen molar-refractivity contribution in [1.82, 2.24) is 15.0 Å². The molecule has 0 N–H and O–H groups in total. The lowest BCUT2D eigenvalue weighted by Gasteiger charge is -2.16. The van der Waals surface area contributed by atoms with E-state index in [4.69, 9.17) is 9.78 Å². The van der Waals surface area contributed by atoms with Crippen LogP contribution in [0, 0.1) is 11.3 Å². The number of hydrogen-bond acceptors (Lipinski definition) is 5. The van der Waals surface area contributed by atoms with Gasteiger partial charge in [0.05, 0.1) is 6.07 Å². The molecular weight excluding hydrogens is 228 g/mol. The predicted octanol–water partition coefficient (Wildman–Crippen LogP) is 2.36. The average Bonchev–Trinajstić information content (AvgIpc) is 2.86. The molecule has 1 aromatic heterocycles. The van der Waals surface area contributed by atoms with E-state index in [1.807, 2.05) is 6.92 Å². The van der Waals surface area contributed by atoms with Crippen molar-refractivity contribution in [3.63, 3.8) is 0 Å². The fraction of sp³-hybridized carbons (Fsp3) is 0.769. The Morgan fingerprint density at radius 2 is 2.11 bits per heavy atom. The molecule has 1 aromatic rings. The van der Waals surface area contributed by atoms with Crippen LogP contribution >= 0.6 is 0 Å². The molecule has 1 heterocycles. The Labute approximate surface area is 109 Å². The molecule has 1 atom stereocenters. The Hall–Kier alpha value is -1.41. The monoisotopic (exact) mass is 250 g/mol. The first kappa shape index (κ1) is 14.7. The third kappa shape index (κ3) is 4.46. The van der Waals surface area contributed by atoms with Crippen LogP contribution in [-0.2, 0) is 6.42 Å². The number of hydrogen-bond donors (Lipinski definition) is 0. The molecule has 5 nitrogen and oxygen atoms in total. The van der Waals surface area contributed by atoms with Gasteiger partial charge in [-0.05, 0) is 19.5 Å². The molecule has 18 heavy (non-hydrogen) atoms. The first-order valence-electron chi connectivity index (χ1n) is 6.63. The van der Waals surface area contributed by atoms with E-state index in [0.717, 1.165) is 38.3 Å². The predicted molar refractivity (Wildman–Crippen MR) is 69.1 cm³/mol. The Morgan fingerprint density at radius 1 is 1.39 bits per heavy atom. The molecule has 0 amide bonds. The highest BCUT2D eigenvalue weighted by Crippen LogP contribution is 2.18. The van der Waals surface area contributed by atoms with E-state index in [2.05, 4.69) is 35.0 Å². The molecule has 5 heteroatoms. The van der Waals surface area contributed by atoms with E-state index in [1.54, 1.807) is 0 Å². The number of likely N-dealkylation sites (N-methyl/N-ethyl adjacent to an activating group) is 1. The Balaban J connectivity index is 2.45. The summed E-state index contributed by atoms with van der Waals surface area (Å²) in [6.45, 7) is 9.35. The molecule has 0 fully saturated rings. The van der Waals surface area contributed by atoms with Crippen LogP contribution in [0.1, 0.15) is 51.2 Å². The molecule has 0 bridgehead atoms. The maximum Gasteiger partial charge on any atom is 0.229 e. The molecule has 0 aliphatic heterocycles. The van der Waals surface area contributed by atoms with Crippen LogP contribution in [-0.4, -0.2) is 34.7 Å². The van der Waals surface area contributed by atoms with Gasteiger partial charge in [-0.3, -0.25) is 0 Å². The largest absolute Gasteiger partial charge is 0.339 e. The summed E-state index contributed by atoms with van der Waals surface area (Å²) in [6.07, 6.45) is 2.11. The van der Waals surface area contributed by atoms with Gasteiger partial charge in [0.25, 0.3) is 0 Å². The minimum Gasteiger partial charge on any atom is -0.339 e. The highest BCUT2D eigenvalue weighted by molar-refractivity contribution is 4.94. The first-order chi connectivity index (χ1) is 8.71. The fourth-order valence-electron chi connectivity index (χ4n) is 1.77. The summed E-state index contributed by atoms with van der Waals surface area (Å²) in [6, 6.07) is 2.13. The van der Waals surface area contributed by atoms with E-state index in [1.165, 1.54) is 0 Å². The Kier molecular flexibility index (Phi) is 6.37. The van der Waals surface area contributed by atoms with E-state index >= 15 is 0 Å². The van der Waals surface area contributed by atoms with Crippen LogP contribution in [0.25, 0.3) is 0 Å². The van der Waals surface area contributed by atoms with Crippen LogP contribution in [0.3, 0.4) is 0 Å². The molecule has 0 aromatic carbocycles. The van der Waals surface area contributed by atoms with Gasteiger partial charge in [0, 0.05) is 25.3 Å². The van der Waals surface area contributed by atoms with E-state index in [-0.39, 0.29) is 5.92 Å². The van der Waals surface area contributed by atoms with E-state index in [9.17, 15) is 0 Å². The van der Waals surface area contributed by atoms with Crippen molar-refractivity contribution in [1.29, 1.82) is 5.26 Å². The van der Waals surface area contributed by atoms with Crippen molar-refractivity contribution in [3.8, 4) is 6.07 Å². The molecule has 1 rings (SSSR count). The van der Waals surface area contributed by atoms with Crippen molar-refractivity contribution in [2.75, 3.05) is 19.6 Å². The van der Waals surface area contributed by atoms with E-state index < -0.39 is 0 Å². The SMILES string of the molecule is CCN(CC)CCc1noc(C(C)CCC#N)n1. The molecule has 1 unspecified atom stereocenters. The molecule has 0 aliphatic carbocycles. The molecule has 100 valence electrons. The van der Waals surface area contributed by atoms with Crippen LogP contribution in [0.15, 0.2) is 4.52 Å². The normalized spacial score (nSPS) is 12.6. The lowest BCUT2D eigenvalue weighted by Crippen LogP contribution is -2.25. The van der Waals surface area contributed by atoms with Crippen LogP contribution in [0.2, 0.25) is 0 Å². The second-order valence-electron chi connectivity index (χ2n) is 4.42. The smallest absolute Gasteiger partial charge is 0.229 e. The summed E-state index contributed by atoms with van der Waals surface area (Å²) in [5.74, 6) is 1.58. The van der Waals surface area contributed by atoms with E-state index in [0.29, 0.717) is 12.3 Å². The van der Waals surface area contributed by atoms with Gasteiger partial charge in [-0.1, -0.05) is 25.9 Å². The van der Waals surface area contributed by atoms with Gasteiger partial charge in [0.2, 0.25) is 5.89 Å². The molecule has 0 saturated heterocycles. The summed E-state index contributed by atoms with van der Waals surface area (Å²) in [5, 5.41) is 12.5. The third-order valence-corrected chi connectivity index (χ3v) is 3.14. The second-order valence-corrected chi connectivity index (χ2v) is 4.42.